The highest BCUT2D eigenvalue weighted by Crippen LogP contribution is 2.25. The van der Waals surface area contributed by atoms with Gasteiger partial charge in [-0.1, -0.05) is 30.7 Å². The monoisotopic (exact) mass is 295 g/mol. The predicted molar refractivity (Wildman–Crippen MR) is 79.5 cm³/mol. The van der Waals surface area contributed by atoms with Crippen molar-refractivity contribution in [1.29, 1.82) is 0 Å². The highest BCUT2D eigenvalue weighted by Gasteiger charge is 2.18. The summed E-state index contributed by atoms with van der Waals surface area (Å²) in [5, 5.41) is 8.44. The number of likely N-dealkylation sites (N-methyl/N-ethyl adjacent to an activating group) is 1. The normalized spacial score (nSPS) is 12.7. The molecular formula is C15H19ClFN3. The molecule has 0 spiro atoms. The number of hydrogen-bond acceptors (Lipinski definition) is 2. The van der Waals surface area contributed by atoms with E-state index in [0.29, 0.717) is 5.02 Å². The Hall–Kier alpha value is -1.39. The van der Waals surface area contributed by atoms with Gasteiger partial charge >= 0.3 is 0 Å². The summed E-state index contributed by atoms with van der Waals surface area (Å²) < 4.78 is 14.8. The molecule has 0 fully saturated rings. The molecule has 1 unspecified atom stereocenters. The first-order valence-corrected chi connectivity index (χ1v) is 7.07. The fourth-order valence-corrected chi connectivity index (χ4v) is 2.58. The fourth-order valence-electron chi connectivity index (χ4n) is 2.34. The fraction of sp³-hybridized carbons (Fsp3) is 0.400. The maximum absolute atomic E-state index is 13.0. The molecule has 0 aliphatic carbocycles. The van der Waals surface area contributed by atoms with Crippen LogP contribution in [0.15, 0.2) is 24.3 Å². The van der Waals surface area contributed by atoms with Crippen molar-refractivity contribution in [3.05, 3.63) is 52.1 Å². The van der Waals surface area contributed by atoms with Crippen LogP contribution in [0.3, 0.4) is 0 Å². The van der Waals surface area contributed by atoms with Crippen LogP contribution in [0.1, 0.15) is 29.9 Å². The number of hydrogen-bond donors (Lipinski definition) is 1. The molecule has 1 aromatic heterocycles. The maximum atomic E-state index is 13.0. The topological polar surface area (TPSA) is 29.9 Å². The zero-order chi connectivity index (χ0) is 14.7. The van der Waals surface area contributed by atoms with E-state index in [4.69, 9.17) is 11.6 Å². The largest absolute Gasteiger partial charge is 0.310 e. The van der Waals surface area contributed by atoms with Crippen molar-refractivity contribution in [2.45, 2.75) is 26.3 Å². The standard InChI is InChI=1S/C15H19ClFN3/c1-4-18-13(11-5-7-12(17)8-6-11)9-14-15(16)10(2)19-20(14)3/h5-8,13,18H,4,9H2,1-3H3. The molecule has 1 N–H and O–H groups in total. The Labute approximate surface area is 123 Å². The Bertz CT molecular complexity index is 578. The first kappa shape index (κ1) is 15.0. The quantitative estimate of drug-likeness (QED) is 0.916. The van der Waals surface area contributed by atoms with Crippen LogP contribution in [0.4, 0.5) is 4.39 Å². The van der Waals surface area contributed by atoms with E-state index < -0.39 is 0 Å². The average Bonchev–Trinajstić information content (AvgIpc) is 2.65. The van der Waals surface area contributed by atoms with Gasteiger partial charge in [-0.2, -0.15) is 5.10 Å². The van der Waals surface area contributed by atoms with Gasteiger partial charge in [0.05, 0.1) is 16.4 Å². The summed E-state index contributed by atoms with van der Waals surface area (Å²) in [7, 11) is 1.89. The van der Waals surface area contributed by atoms with Gasteiger partial charge in [0.25, 0.3) is 0 Å². The average molecular weight is 296 g/mol. The number of nitrogens with one attached hydrogen (secondary N) is 1. The lowest BCUT2D eigenvalue weighted by Crippen LogP contribution is -2.24. The molecule has 1 heterocycles. The Kier molecular flexibility index (Phi) is 4.78. The van der Waals surface area contributed by atoms with E-state index >= 15 is 0 Å². The van der Waals surface area contributed by atoms with Crippen molar-refractivity contribution in [3.63, 3.8) is 0 Å². The molecule has 2 rings (SSSR count). The van der Waals surface area contributed by atoms with Gasteiger partial charge in [0.1, 0.15) is 5.82 Å². The SMILES string of the molecule is CCNC(Cc1c(Cl)c(C)nn1C)c1ccc(F)cc1. The summed E-state index contributed by atoms with van der Waals surface area (Å²) in [5.74, 6) is -0.224. The number of nitrogens with zero attached hydrogens (tertiary/aromatic N) is 2. The highest BCUT2D eigenvalue weighted by molar-refractivity contribution is 6.31. The first-order valence-electron chi connectivity index (χ1n) is 6.69. The van der Waals surface area contributed by atoms with E-state index in [1.807, 2.05) is 25.6 Å². The molecule has 2 aromatic rings. The molecule has 1 aromatic carbocycles. The van der Waals surface area contributed by atoms with Gasteiger partial charge in [0.2, 0.25) is 0 Å². The van der Waals surface area contributed by atoms with E-state index in [1.54, 1.807) is 12.1 Å². The molecule has 20 heavy (non-hydrogen) atoms. The molecule has 3 nitrogen and oxygen atoms in total. The van der Waals surface area contributed by atoms with Crippen molar-refractivity contribution < 1.29 is 4.39 Å². The second-order valence-corrected chi connectivity index (χ2v) is 5.21. The Morgan fingerprint density at radius 3 is 2.50 bits per heavy atom. The molecule has 0 radical (unpaired) electrons. The zero-order valence-electron chi connectivity index (χ0n) is 12.0. The van der Waals surface area contributed by atoms with Gasteiger partial charge in [0, 0.05) is 19.5 Å². The summed E-state index contributed by atoms with van der Waals surface area (Å²) in [6.07, 6.45) is 0.718. The lowest BCUT2D eigenvalue weighted by molar-refractivity contribution is 0.527. The van der Waals surface area contributed by atoms with Crippen molar-refractivity contribution in [2.75, 3.05) is 6.54 Å². The van der Waals surface area contributed by atoms with Crippen LogP contribution in [0.2, 0.25) is 5.02 Å². The van der Waals surface area contributed by atoms with Gasteiger partial charge in [-0.25, -0.2) is 4.39 Å². The number of halogens is 2. The minimum absolute atomic E-state index is 0.0906. The lowest BCUT2D eigenvalue weighted by Gasteiger charge is -2.18. The van der Waals surface area contributed by atoms with Crippen LogP contribution >= 0.6 is 11.6 Å². The zero-order valence-corrected chi connectivity index (χ0v) is 12.7. The smallest absolute Gasteiger partial charge is 0.123 e. The van der Waals surface area contributed by atoms with Gasteiger partial charge in [-0.15, -0.1) is 0 Å². The molecule has 108 valence electrons. The van der Waals surface area contributed by atoms with E-state index in [9.17, 15) is 4.39 Å². The molecule has 0 saturated heterocycles. The molecular weight excluding hydrogens is 277 g/mol. The molecule has 0 saturated carbocycles. The van der Waals surface area contributed by atoms with Gasteiger partial charge < -0.3 is 5.32 Å². The summed E-state index contributed by atoms with van der Waals surface area (Å²) in [4.78, 5) is 0. The Morgan fingerprint density at radius 1 is 1.35 bits per heavy atom. The summed E-state index contributed by atoms with van der Waals surface area (Å²) >= 11 is 6.30. The van der Waals surface area contributed by atoms with Crippen molar-refractivity contribution >= 4 is 11.6 Å². The third-order valence-corrected chi connectivity index (χ3v) is 3.87. The number of benzene rings is 1. The van der Waals surface area contributed by atoms with Crippen LogP contribution in [0.25, 0.3) is 0 Å². The number of rotatable bonds is 5. The summed E-state index contributed by atoms with van der Waals surface area (Å²) in [6, 6.07) is 6.67. The summed E-state index contributed by atoms with van der Waals surface area (Å²) in [6.45, 7) is 4.77. The second kappa shape index (κ2) is 6.37. The predicted octanol–water partition coefficient (Wildman–Crippen LogP) is 3.41. The van der Waals surface area contributed by atoms with Crippen LogP contribution in [-0.4, -0.2) is 16.3 Å². The Balaban J connectivity index is 2.27. The van der Waals surface area contributed by atoms with Crippen LogP contribution in [0.5, 0.6) is 0 Å². The van der Waals surface area contributed by atoms with Crippen molar-refractivity contribution in [1.82, 2.24) is 15.1 Å². The molecule has 5 heteroatoms. The maximum Gasteiger partial charge on any atom is 0.123 e. The summed E-state index contributed by atoms with van der Waals surface area (Å²) in [5.41, 5.74) is 2.86. The number of aromatic nitrogens is 2. The van der Waals surface area contributed by atoms with Crippen molar-refractivity contribution in [3.8, 4) is 0 Å². The lowest BCUT2D eigenvalue weighted by atomic mass is 10.0. The minimum Gasteiger partial charge on any atom is -0.310 e. The van der Waals surface area contributed by atoms with Crippen molar-refractivity contribution in [2.24, 2.45) is 7.05 Å². The molecule has 0 amide bonds. The first-order chi connectivity index (χ1) is 9.52. The molecule has 1 atom stereocenters. The van der Waals surface area contributed by atoms with Gasteiger partial charge in [-0.05, 0) is 31.2 Å². The van der Waals surface area contributed by atoms with Gasteiger partial charge in [-0.3, -0.25) is 4.68 Å². The molecule has 0 aliphatic heterocycles. The van der Waals surface area contributed by atoms with Crippen LogP contribution in [0, 0.1) is 12.7 Å². The third kappa shape index (κ3) is 3.19. The third-order valence-electron chi connectivity index (χ3n) is 3.38. The highest BCUT2D eigenvalue weighted by atomic mass is 35.5. The second-order valence-electron chi connectivity index (χ2n) is 4.84. The van der Waals surface area contributed by atoms with Gasteiger partial charge in [0.15, 0.2) is 0 Å². The minimum atomic E-state index is -0.224. The molecule has 0 aliphatic rings. The van der Waals surface area contributed by atoms with E-state index in [2.05, 4.69) is 10.4 Å². The number of aryl methyl sites for hydroxylation is 2. The van der Waals surface area contributed by atoms with Crippen LogP contribution in [-0.2, 0) is 13.5 Å². The van der Waals surface area contributed by atoms with E-state index in [0.717, 1.165) is 29.9 Å². The Morgan fingerprint density at radius 2 is 2.00 bits per heavy atom. The molecule has 0 bridgehead atoms. The van der Waals surface area contributed by atoms with E-state index in [1.165, 1.54) is 12.1 Å². The van der Waals surface area contributed by atoms with E-state index in [-0.39, 0.29) is 11.9 Å². The van der Waals surface area contributed by atoms with Crippen LogP contribution < -0.4 is 5.32 Å².